The highest BCUT2D eigenvalue weighted by Crippen LogP contribution is 2.35. The molecule has 3 aromatic carbocycles. The summed E-state index contributed by atoms with van der Waals surface area (Å²) in [4.78, 5) is 0. The van der Waals surface area contributed by atoms with Crippen molar-refractivity contribution in [3.8, 4) is 11.1 Å². The van der Waals surface area contributed by atoms with Gasteiger partial charge in [-0.3, -0.25) is 0 Å². The van der Waals surface area contributed by atoms with Crippen LogP contribution < -0.4 is 0 Å². The van der Waals surface area contributed by atoms with Crippen LogP contribution in [0.3, 0.4) is 0 Å². The third-order valence-electron chi connectivity index (χ3n) is 7.82. The second-order valence-electron chi connectivity index (χ2n) is 10.5. The molecule has 0 heterocycles. The molecular formula is C32H36ClF3. The average Bonchev–Trinajstić information content (AvgIpc) is 2.89. The highest BCUT2D eigenvalue weighted by Gasteiger charge is 2.21. The summed E-state index contributed by atoms with van der Waals surface area (Å²) in [5.74, 6) is -0.743. The molecule has 1 aliphatic carbocycles. The fourth-order valence-electron chi connectivity index (χ4n) is 5.46. The van der Waals surface area contributed by atoms with Gasteiger partial charge in [-0.05, 0) is 90.8 Å². The molecule has 192 valence electrons. The second kappa shape index (κ2) is 12.8. The van der Waals surface area contributed by atoms with Crippen LogP contribution in [0.15, 0.2) is 54.6 Å². The predicted octanol–water partition coefficient (Wildman–Crippen LogP) is 10.1. The summed E-state index contributed by atoms with van der Waals surface area (Å²) in [5.41, 5.74) is 4.17. The van der Waals surface area contributed by atoms with Crippen LogP contribution in [-0.2, 0) is 19.3 Å². The molecule has 0 saturated heterocycles. The van der Waals surface area contributed by atoms with Gasteiger partial charge in [-0.2, -0.15) is 0 Å². The van der Waals surface area contributed by atoms with E-state index in [4.69, 9.17) is 11.6 Å². The molecule has 1 saturated carbocycles. The largest absolute Gasteiger partial charge is 0.206 e. The summed E-state index contributed by atoms with van der Waals surface area (Å²) in [6.45, 7) is 2.23. The Bertz CT molecular complexity index is 1110. The topological polar surface area (TPSA) is 0 Å². The summed E-state index contributed by atoms with van der Waals surface area (Å²) < 4.78 is 42.3. The highest BCUT2D eigenvalue weighted by molar-refractivity contribution is 6.31. The van der Waals surface area contributed by atoms with E-state index in [0.717, 1.165) is 42.9 Å². The maximum absolute atomic E-state index is 14.7. The Kier molecular flexibility index (Phi) is 9.53. The van der Waals surface area contributed by atoms with E-state index in [9.17, 15) is 13.2 Å². The Morgan fingerprint density at radius 1 is 0.667 bits per heavy atom. The van der Waals surface area contributed by atoms with Crippen LogP contribution in [-0.4, -0.2) is 0 Å². The molecule has 4 heteroatoms. The van der Waals surface area contributed by atoms with E-state index in [1.54, 1.807) is 6.07 Å². The zero-order valence-corrected chi connectivity index (χ0v) is 21.9. The molecule has 0 amide bonds. The van der Waals surface area contributed by atoms with Crippen LogP contribution in [0, 0.1) is 29.3 Å². The van der Waals surface area contributed by atoms with Crippen LogP contribution >= 0.6 is 11.6 Å². The van der Waals surface area contributed by atoms with Gasteiger partial charge in [0.1, 0.15) is 22.5 Å². The fraction of sp³-hybridized carbons (Fsp3) is 0.438. The summed E-state index contributed by atoms with van der Waals surface area (Å²) in [5, 5.41) is -0.568. The van der Waals surface area contributed by atoms with Crippen molar-refractivity contribution < 1.29 is 13.2 Å². The van der Waals surface area contributed by atoms with E-state index in [1.165, 1.54) is 68.6 Å². The van der Waals surface area contributed by atoms with Gasteiger partial charge >= 0.3 is 0 Å². The molecule has 0 radical (unpaired) electrons. The third-order valence-corrected chi connectivity index (χ3v) is 8.18. The van der Waals surface area contributed by atoms with E-state index >= 15 is 0 Å². The van der Waals surface area contributed by atoms with E-state index in [-0.39, 0.29) is 11.1 Å². The first-order valence-electron chi connectivity index (χ1n) is 13.4. The minimum absolute atomic E-state index is 0.157. The zero-order valence-electron chi connectivity index (χ0n) is 21.1. The van der Waals surface area contributed by atoms with E-state index in [0.29, 0.717) is 5.92 Å². The number of hydrogen-bond acceptors (Lipinski definition) is 0. The van der Waals surface area contributed by atoms with E-state index in [1.807, 2.05) is 6.07 Å². The first-order chi connectivity index (χ1) is 17.4. The Morgan fingerprint density at radius 2 is 1.17 bits per heavy atom. The first-order valence-corrected chi connectivity index (χ1v) is 13.8. The van der Waals surface area contributed by atoms with Gasteiger partial charge in [-0.15, -0.1) is 0 Å². The molecule has 0 spiro atoms. The van der Waals surface area contributed by atoms with Gasteiger partial charge in [0.2, 0.25) is 0 Å². The van der Waals surface area contributed by atoms with Crippen molar-refractivity contribution in [3.63, 3.8) is 0 Å². The maximum Gasteiger partial charge on any atom is 0.145 e. The fourth-order valence-corrected chi connectivity index (χ4v) is 5.57. The molecule has 3 aromatic rings. The lowest BCUT2D eigenvalue weighted by molar-refractivity contribution is 0.253. The number of unbranched alkanes of at least 4 members (excludes halogenated alkanes) is 1. The van der Waals surface area contributed by atoms with Crippen molar-refractivity contribution in [2.45, 2.75) is 77.6 Å². The Hall–Kier alpha value is -2.26. The van der Waals surface area contributed by atoms with Crippen molar-refractivity contribution in [1.82, 2.24) is 0 Å². The van der Waals surface area contributed by atoms with Crippen LogP contribution in [0.25, 0.3) is 11.1 Å². The number of benzene rings is 3. The summed E-state index contributed by atoms with van der Waals surface area (Å²) in [6, 6.07) is 16.3. The van der Waals surface area contributed by atoms with Crippen molar-refractivity contribution in [3.05, 3.63) is 93.8 Å². The Labute approximate surface area is 218 Å². The molecule has 0 aromatic heterocycles. The first kappa shape index (κ1) is 26.8. The summed E-state index contributed by atoms with van der Waals surface area (Å²) in [7, 11) is 0. The lowest BCUT2D eigenvalue weighted by Gasteiger charge is -2.28. The summed E-state index contributed by atoms with van der Waals surface area (Å²) in [6.07, 6.45) is 13.0. The van der Waals surface area contributed by atoms with Crippen molar-refractivity contribution in [2.24, 2.45) is 11.8 Å². The Balaban J connectivity index is 1.22. The Morgan fingerprint density at radius 3 is 1.69 bits per heavy atom. The minimum Gasteiger partial charge on any atom is -0.206 e. The smallest absolute Gasteiger partial charge is 0.145 e. The van der Waals surface area contributed by atoms with E-state index in [2.05, 4.69) is 31.2 Å². The number of rotatable bonds is 10. The van der Waals surface area contributed by atoms with Gasteiger partial charge in [0, 0.05) is 5.56 Å². The molecular weight excluding hydrogens is 477 g/mol. The van der Waals surface area contributed by atoms with Crippen LogP contribution in [0.2, 0.25) is 5.02 Å². The lowest BCUT2D eigenvalue weighted by Crippen LogP contribution is -2.15. The SMILES string of the molecule is CCCCc1ccc(CC[C@H]2CC[C@H](CCc3ccc(-c4cc(F)c(Cl)c(F)c4)c(F)c3)CC2)cc1. The molecule has 0 N–H and O–H groups in total. The molecule has 4 rings (SSSR count). The quantitative estimate of drug-likeness (QED) is 0.237. The number of hydrogen-bond donors (Lipinski definition) is 0. The molecule has 1 aliphatic rings. The second-order valence-corrected chi connectivity index (χ2v) is 10.8. The summed E-state index contributed by atoms with van der Waals surface area (Å²) >= 11 is 5.55. The molecule has 0 unspecified atom stereocenters. The predicted molar refractivity (Wildman–Crippen MR) is 144 cm³/mol. The number of halogens is 4. The standard InChI is InChI=1S/C32H36ClF3/c1-2-3-4-22-5-7-23(8-6-22)9-10-24-11-13-25(14-12-24)15-16-26-17-18-28(29(34)19-26)27-20-30(35)32(33)31(36)21-27/h5-8,17-21,24-25H,2-4,9-16H2,1H3/t24-,25-. The molecule has 0 bridgehead atoms. The van der Waals surface area contributed by atoms with Crippen molar-refractivity contribution in [2.75, 3.05) is 0 Å². The monoisotopic (exact) mass is 512 g/mol. The van der Waals surface area contributed by atoms with Crippen LogP contribution in [0.5, 0.6) is 0 Å². The van der Waals surface area contributed by atoms with E-state index < -0.39 is 22.5 Å². The zero-order chi connectivity index (χ0) is 25.5. The number of aryl methyl sites for hydroxylation is 3. The highest BCUT2D eigenvalue weighted by atomic mass is 35.5. The lowest BCUT2D eigenvalue weighted by atomic mass is 9.77. The average molecular weight is 513 g/mol. The molecule has 36 heavy (non-hydrogen) atoms. The molecule has 0 nitrogen and oxygen atoms in total. The maximum atomic E-state index is 14.7. The van der Waals surface area contributed by atoms with Gasteiger partial charge in [0.15, 0.2) is 0 Å². The van der Waals surface area contributed by atoms with Crippen molar-refractivity contribution >= 4 is 11.6 Å². The normalized spacial score (nSPS) is 17.9. The van der Waals surface area contributed by atoms with Gasteiger partial charge < -0.3 is 0 Å². The van der Waals surface area contributed by atoms with Crippen LogP contribution in [0.1, 0.15) is 75.0 Å². The van der Waals surface area contributed by atoms with Crippen molar-refractivity contribution in [1.29, 1.82) is 0 Å². The van der Waals surface area contributed by atoms with Gasteiger partial charge in [0.25, 0.3) is 0 Å². The van der Waals surface area contributed by atoms with Gasteiger partial charge in [0.05, 0.1) is 0 Å². The van der Waals surface area contributed by atoms with Gasteiger partial charge in [-0.25, -0.2) is 13.2 Å². The third kappa shape index (κ3) is 7.16. The van der Waals surface area contributed by atoms with Crippen LogP contribution in [0.4, 0.5) is 13.2 Å². The molecule has 0 atom stereocenters. The molecule has 1 fully saturated rings. The molecule has 0 aliphatic heterocycles. The van der Waals surface area contributed by atoms with Gasteiger partial charge in [-0.1, -0.05) is 87.0 Å². The minimum atomic E-state index is -0.883.